The third-order valence-electron chi connectivity index (χ3n) is 4.67. The lowest BCUT2D eigenvalue weighted by Crippen LogP contribution is -2.42. The number of likely N-dealkylation sites (N-methyl/N-ethyl adjacent to an activating group) is 1. The molecule has 0 aromatic heterocycles. The molecule has 156 valence electrons. The molecule has 0 saturated carbocycles. The minimum atomic E-state index is -0.659. The number of amides is 2. The molecule has 0 aliphatic heterocycles. The number of nitrogens with zero attached hydrogens (tertiary/aromatic N) is 2. The monoisotopic (exact) mass is 398 g/mol. The summed E-state index contributed by atoms with van der Waals surface area (Å²) >= 11 is 0. The van der Waals surface area contributed by atoms with Crippen LogP contribution in [-0.2, 0) is 16.1 Å². The fourth-order valence-electron chi connectivity index (χ4n) is 2.91. The molecule has 0 aliphatic carbocycles. The molecule has 0 unspecified atom stereocenters. The van der Waals surface area contributed by atoms with Crippen molar-refractivity contribution >= 4 is 17.5 Å². The van der Waals surface area contributed by atoms with E-state index in [1.807, 2.05) is 86.5 Å². The summed E-state index contributed by atoms with van der Waals surface area (Å²) in [4.78, 5) is 28.4. The molecule has 0 aliphatic rings. The Labute approximate surface area is 172 Å². The fraction of sp³-hybridized carbons (Fsp3) is 0.364. The maximum absolute atomic E-state index is 12.2. The van der Waals surface area contributed by atoms with Crippen molar-refractivity contribution in [3.63, 3.8) is 0 Å². The van der Waals surface area contributed by atoms with Gasteiger partial charge in [0.15, 0.2) is 0 Å². The summed E-state index contributed by atoms with van der Waals surface area (Å²) < 4.78 is 5.16. The number of benzene rings is 2. The maximum Gasteiger partial charge on any atom is 0.309 e. The van der Waals surface area contributed by atoms with Crippen LogP contribution in [-0.4, -0.2) is 58.6 Å². The Bertz CT molecular complexity index is 819. The first-order chi connectivity index (χ1) is 13.8. The number of carbonyl (C=O) groups excluding carboxylic acids is 2. The third-order valence-corrected chi connectivity index (χ3v) is 4.67. The Morgan fingerprint density at radius 3 is 2.21 bits per heavy atom. The van der Waals surface area contributed by atoms with E-state index >= 15 is 0 Å². The maximum atomic E-state index is 12.2. The average molecular weight is 399 g/mol. The molecule has 29 heavy (non-hydrogen) atoms. The summed E-state index contributed by atoms with van der Waals surface area (Å²) in [6, 6.07) is 15.4. The zero-order chi connectivity index (χ0) is 21.4. The number of methoxy groups -OCH3 is 1. The van der Waals surface area contributed by atoms with Crippen molar-refractivity contribution in [1.29, 1.82) is 0 Å². The van der Waals surface area contributed by atoms with Crippen LogP contribution in [0.25, 0.3) is 0 Å². The molecule has 2 N–H and O–H groups in total. The van der Waals surface area contributed by atoms with E-state index < -0.39 is 11.8 Å². The van der Waals surface area contributed by atoms with Crippen LogP contribution in [0.15, 0.2) is 48.5 Å². The van der Waals surface area contributed by atoms with Gasteiger partial charge in [0.1, 0.15) is 5.75 Å². The van der Waals surface area contributed by atoms with Crippen molar-refractivity contribution in [3.8, 4) is 5.75 Å². The molecule has 0 fully saturated rings. The van der Waals surface area contributed by atoms with E-state index in [2.05, 4.69) is 10.6 Å². The predicted molar refractivity (Wildman–Crippen MR) is 115 cm³/mol. The van der Waals surface area contributed by atoms with Crippen molar-refractivity contribution in [2.75, 3.05) is 46.7 Å². The molecule has 2 aromatic rings. The molecule has 0 spiro atoms. The van der Waals surface area contributed by atoms with Gasteiger partial charge in [-0.2, -0.15) is 0 Å². The van der Waals surface area contributed by atoms with Crippen LogP contribution in [0.3, 0.4) is 0 Å². The predicted octanol–water partition coefficient (Wildman–Crippen LogP) is 1.80. The second-order valence-electron chi connectivity index (χ2n) is 7.21. The molecule has 7 nitrogen and oxygen atoms in total. The largest absolute Gasteiger partial charge is 0.497 e. The molecule has 0 radical (unpaired) electrons. The van der Waals surface area contributed by atoms with Gasteiger partial charge in [0.05, 0.1) is 13.2 Å². The number of hydrogen-bond acceptors (Lipinski definition) is 5. The summed E-state index contributed by atoms with van der Waals surface area (Å²) in [6.45, 7) is 0.590. The number of nitrogens with one attached hydrogen (secondary N) is 2. The average Bonchev–Trinajstić information content (AvgIpc) is 2.72. The number of ether oxygens (including phenoxy) is 1. The minimum Gasteiger partial charge on any atom is -0.497 e. The Balaban J connectivity index is 1.91. The molecule has 2 amide bonds. The lowest BCUT2D eigenvalue weighted by Gasteiger charge is -2.25. The van der Waals surface area contributed by atoms with E-state index in [-0.39, 0.29) is 12.6 Å². The standard InChI is InChI=1S/C22H30N4O3/c1-25(2)18-11-9-17(10-12-18)20(26(3)4)15-24-22(28)21(27)23-14-16-7-6-8-19(13-16)29-5/h6-13,20H,14-15H2,1-5H3,(H,23,27)(H,24,28)/t20-/m0/s1. The van der Waals surface area contributed by atoms with Crippen molar-refractivity contribution in [3.05, 3.63) is 59.7 Å². The highest BCUT2D eigenvalue weighted by Crippen LogP contribution is 2.21. The summed E-state index contributed by atoms with van der Waals surface area (Å²) in [5, 5.41) is 5.37. The minimum absolute atomic E-state index is 0.0404. The zero-order valence-corrected chi connectivity index (χ0v) is 17.7. The van der Waals surface area contributed by atoms with Gasteiger partial charge >= 0.3 is 11.8 Å². The third kappa shape index (κ3) is 6.50. The lowest BCUT2D eigenvalue weighted by atomic mass is 10.1. The van der Waals surface area contributed by atoms with E-state index in [0.717, 1.165) is 16.8 Å². The van der Waals surface area contributed by atoms with Gasteiger partial charge in [-0.3, -0.25) is 9.59 Å². The van der Waals surface area contributed by atoms with Crippen LogP contribution in [0.1, 0.15) is 17.2 Å². The van der Waals surface area contributed by atoms with Crippen LogP contribution in [0.2, 0.25) is 0 Å². The molecule has 2 rings (SSSR count). The van der Waals surface area contributed by atoms with Gasteiger partial charge in [0.2, 0.25) is 0 Å². The topological polar surface area (TPSA) is 73.9 Å². The molecule has 2 aromatic carbocycles. The van der Waals surface area contributed by atoms with Crippen molar-refractivity contribution in [2.24, 2.45) is 0 Å². The van der Waals surface area contributed by atoms with E-state index in [1.165, 1.54) is 0 Å². The van der Waals surface area contributed by atoms with Crippen molar-refractivity contribution in [2.45, 2.75) is 12.6 Å². The first kappa shape index (κ1) is 22.2. The lowest BCUT2D eigenvalue weighted by molar-refractivity contribution is -0.139. The van der Waals surface area contributed by atoms with E-state index in [0.29, 0.717) is 12.3 Å². The van der Waals surface area contributed by atoms with E-state index in [1.54, 1.807) is 7.11 Å². The van der Waals surface area contributed by atoms with Gasteiger partial charge in [-0.05, 0) is 49.5 Å². The van der Waals surface area contributed by atoms with Gasteiger partial charge in [0, 0.05) is 32.9 Å². The van der Waals surface area contributed by atoms with Gasteiger partial charge in [-0.1, -0.05) is 24.3 Å². The number of rotatable bonds is 8. The van der Waals surface area contributed by atoms with Gasteiger partial charge in [-0.15, -0.1) is 0 Å². The van der Waals surface area contributed by atoms with E-state index in [4.69, 9.17) is 4.74 Å². The summed E-state index contributed by atoms with van der Waals surface area (Å²) in [5.41, 5.74) is 3.03. The molecule has 1 atom stereocenters. The molecular weight excluding hydrogens is 368 g/mol. The number of carbonyl (C=O) groups is 2. The summed E-state index contributed by atoms with van der Waals surface area (Å²) in [7, 11) is 9.45. The summed E-state index contributed by atoms with van der Waals surface area (Å²) in [6.07, 6.45) is 0. The van der Waals surface area contributed by atoms with Gasteiger partial charge in [0.25, 0.3) is 0 Å². The normalized spacial score (nSPS) is 11.7. The Kier molecular flexibility index (Phi) is 8.03. The highest BCUT2D eigenvalue weighted by molar-refractivity contribution is 6.35. The van der Waals surface area contributed by atoms with E-state index in [9.17, 15) is 9.59 Å². The highest BCUT2D eigenvalue weighted by Gasteiger charge is 2.19. The molecule has 0 bridgehead atoms. The first-order valence-corrected chi connectivity index (χ1v) is 9.44. The first-order valence-electron chi connectivity index (χ1n) is 9.44. The Morgan fingerprint density at radius 2 is 1.62 bits per heavy atom. The van der Waals surface area contributed by atoms with Crippen molar-refractivity contribution in [1.82, 2.24) is 15.5 Å². The smallest absolute Gasteiger partial charge is 0.309 e. The Hall–Kier alpha value is -3.06. The molecule has 0 saturated heterocycles. The van der Waals surface area contributed by atoms with Crippen molar-refractivity contribution < 1.29 is 14.3 Å². The number of hydrogen-bond donors (Lipinski definition) is 2. The van der Waals surface area contributed by atoms with Crippen LogP contribution < -0.4 is 20.3 Å². The Morgan fingerprint density at radius 1 is 0.966 bits per heavy atom. The van der Waals surface area contributed by atoms with Crippen LogP contribution in [0, 0.1) is 0 Å². The zero-order valence-electron chi connectivity index (χ0n) is 17.7. The van der Waals surface area contributed by atoms with Gasteiger partial charge < -0.3 is 25.2 Å². The van der Waals surface area contributed by atoms with Crippen LogP contribution in [0.4, 0.5) is 5.69 Å². The second-order valence-corrected chi connectivity index (χ2v) is 7.21. The highest BCUT2D eigenvalue weighted by atomic mass is 16.5. The summed E-state index contributed by atoms with van der Waals surface area (Å²) in [5.74, 6) is -0.603. The molecular formula is C22H30N4O3. The quantitative estimate of drug-likeness (QED) is 0.664. The fourth-order valence-corrected chi connectivity index (χ4v) is 2.91. The second kappa shape index (κ2) is 10.5. The number of anilines is 1. The van der Waals surface area contributed by atoms with Crippen LogP contribution >= 0.6 is 0 Å². The van der Waals surface area contributed by atoms with Gasteiger partial charge in [-0.25, -0.2) is 0 Å². The van der Waals surface area contributed by atoms with Crippen LogP contribution in [0.5, 0.6) is 5.75 Å². The molecule has 0 heterocycles. The molecule has 7 heteroatoms. The SMILES string of the molecule is COc1cccc(CNC(=O)C(=O)NC[C@@H](c2ccc(N(C)C)cc2)N(C)C)c1.